The maximum Gasteiger partial charge on any atom is 0.337 e. The lowest BCUT2D eigenvalue weighted by atomic mass is 10.1. The smallest absolute Gasteiger partial charge is 0.317 e. The number of aromatic nitrogens is 4. The van der Waals surface area contributed by atoms with Gasteiger partial charge in [-0.3, -0.25) is 14.2 Å². The van der Waals surface area contributed by atoms with Crippen molar-refractivity contribution in [2.45, 2.75) is 33.9 Å². The molecule has 7 nitrogen and oxygen atoms in total. The Balaban J connectivity index is 1.91. The molecule has 0 atom stereocenters. The molecule has 0 unspecified atom stereocenters. The van der Waals surface area contributed by atoms with Crippen LogP contribution in [0.4, 0.5) is 4.39 Å². The van der Waals surface area contributed by atoms with Gasteiger partial charge in [0, 0.05) is 12.1 Å². The summed E-state index contributed by atoms with van der Waals surface area (Å²) in [6.07, 6.45) is 1.39. The molecule has 164 valence electrons. The minimum Gasteiger partial charge on any atom is -0.317 e. The van der Waals surface area contributed by atoms with Crippen LogP contribution in [0.1, 0.15) is 29.8 Å². The minimum absolute atomic E-state index is 0.0325. The number of fused-ring (bicyclic) bond motifs is 1. The lowest BCUT2D eigenvalue weighted by Gasteiger charge is -2.14. The number of nitrogens with zero attached hydrogens (tertiary/aromatic N) is 4. The number of hydrogen-bond donors (Lipinski definition) is 0. The highest BCUT2D eigenvalue weighted by Gasteiger charge is 2.21. The number of ketones is 1. The van der Waals surface area contributed by atoms with Crippen molar-refractivity contribution in [3.63, 3.8) is 0 Å². The minimum atomic E-state index is -0.557. The van der Waals surface area contributed by atoms with E-state index in [2.05, 4.69) is 4.98 Å². The highest BCUT2D eigenvalue weighted by molar-refractivity contribution is 5.96. The van der Waals surface area contributed by atoms with Gasteiger partial charge in [-0.2, -0.15) is 0 Å². The van der Waals surface area contributed by atoms with Crippen LogP contribution < -0.4 is 11.2 Å². The van der Waals surface area contributed by atoms with Crippen LogP contribution in [-0.4, -0.2) is 24.5 Å². The Kier molecular flexibility index (Phi) is 5.61. The molecule has 4 rings (SSSR count). The van der Waals surface area contributed by atoms with Crippen LogP contribution in [0.2, 0.25) is 0 Å². The third kappa shape index (κ3) is 3.91. The summed E-state index contributed by atoms with van der Waals surface area (Å²) in [6.45, 7) is 5.83. The quantitative estimate of drug-likeness (QED) is 0.436. The predicted molar refractivity (Wildman–Crippen MR) is 120 cm³/mol. The lowest BCUT2D eigenvalue weighted by Crippen LogP contribution is -2.41. The number of imidazole rings is 1. The third-order valence-electron chi connectivity index (χ3n) is 5.22. The van der Waals surface area contributed by atoms with Gasteiger partial charge >= 0.3 is 5.69 Å². The van der Waals surface area contributed by atoms with Crippen molar-refractivity contribution in [3.8, 4) is 5.69 Å². The average Bonchev–Trinajstić information content (AvgIpc) is 3.16. The number of benzene rings is 2. The van der Waals surface area contributed by atoms with Crippen molar-refractivity contribution in [2.75, 3.05) is 0 Å². The second-order valence-corrected chi connectivity index (χ2v) is 8.24. The molecule has 0 saturated heterocycles. The van der Waals surface area contributed by atoms with Crippen LogP contribution >= 0.6 is 0 Å². The van der Waals surface area contributed by atoms with Gasteiger partial charge in [-0.05, 0) is 37.1 Å². The second-order valence-electron chi connectivity index (χ2n) is 8.24. The van der Waals surface area contributed by atoms with Crippen molar-refractivity contribution in [2.24, 2.45) is 5.92 Å². The molecule has 0 fully saturated rings. The summed E-state index contributed by atoms with van der Waals surface area (Å²) < 4.78 is 17.4. The van der Waals surface area contributed by atoms with Gasteiger partial charge in [0.1, 0.15) is 5.82 Å². The Morgan fingerprint density at radius 1 is 1.03 bits per heavy atom. The fourth-order valence-corrected chi connectivity index (χ4v) is 3.63. The molecule has 4 aromatic rings. The highest BCUT2D eigenvalue weighted by Crippen LogP contribution is 2.15. The normalized spacial score (nSPS) is 11.4. The van der Waals surface area contributed by atoms with Crippen LogP contribution in [0.15, 0.2) is 64.4 Å². The zero-order valence-electron chi connectivity index (χ0n) is 18.1. The lowest BCUT2D eigenvalue weighted by molar-refractivity contribution is 0.0973. The van der Waals surface area contributed by atoms with E-state index in [-0.39, 0.29) is 36.0 Å². The molecule has 2 aromatic carbocycles. The van der Waals surface area contributed by atoms with Gasteiger partial charge in [-0.25, -0.2) is 18.7 Å². The van der Waals surface area contributed by atoms with Crippen molar-refractivity contribution in [3.05, 3.63) is 92.6 Å². The SMILES string of the molecule is Cc1ccc(C(=O)Cn2cnc3c2c(=O)n(CC(C)C)c(=O)n3-c2ccc(F)cc2)cc1. The van der Waals surface area contributed by atoms with Gasteiger partial charge in [0.25, 0.3) is 5.56 Å². The number of carbonyl (C=O) groups is 1. The van der Waals surface area contributed by atoms with Crippen molar-refractivity contribution >= 4 is 16.9 Å². The number of halogens is 1. The summed E-state index contributed by atoms with van der Waals surface area (Å²) in [6, 6.07) is 12.6. The van der Waals surface area contributed by atoms with E-state index in [1.807, 2.05) is 32.9 Å². The fourth-order valence-electron chi connectivity index (χ4n) is 3.63. The summed E-state index contributed by atoms with van der Waals surface area (Å²) >= 11 is 0. The molecular weight excluding hydrogens is 411 g/mol. The van der Waals surface area contributed by atoms with E-state index >= 15 is 0 Å². The Hall–Kier alpha value is -3.81. The Labute approximate surface area is 183 Å². The van der Waals surface area contributed by atoms with Crippen LogP contribution in [0.25, 0.3) is 16.9 Å². The molecule has 0 amide bonds. The molecule has 2 aromatic heterocycles. The zero-order valence-corrected chi connectivity index (χ0v) is 18.1. The second kappa shape index (κ2) is 8.37. The van der Waals surface area contributed by atoms with Gasteiger partial charge in [-0.1, -0.05) is 43.7 Å². The summed E-state index contributed by atoms with van der Waals surface area (Å²) in [5.41, 5.74) is 1.15. The first-order chi connectivity index (χ1) is 15.3. The molecule has 0 saturated carbocycles. The first-order valence-corrected chi connectivity index (χ1v) is 10.3. The molecule has 2 heterocycles. The monoisotopic (exact) mass is 434 g/mol. The van der Waals surface area contributed by atoms with Gasteiger partial charge in [0.2, 0.25) is 0 Å². The van der Waals surface area contributed by atoms with Crippen LogP contribution in [-0.2, 0) is 13.1 Å². The van der Waals surface area contributed by atoms with E-state index in [0.717, 1.165) is 10.1 Å². The van der Waals surface area contributed by atoms with Crippen LogP contribution in [0, 0.1) is 18.7 Å². The van der Waals surface area contributed by atoms with Gasteiger partial charge in [0.05, 0.1) is 18.6 Å². The molecular formula is C24H23FN4O3. The fraction of sp³-hybridized carbons (Fsp3) is 0.250. The van der Waals surface area contributed by atoms with Gasteiger partial charge in [-0.15, -0.1) is 0 Å². The largest absolute Gasteiger partial charge is 0.337 e. The Bertz CT molecular complexity index is 1410. The highest BCUT2D eigenvalue weighted by atomic mass is 19.1. The van der Waals surface area contributed by atoms with Crippen LogP contribution in [0.3, 0.4) is 0 Å². The van der Waals surface area contributed by atoms with E-state index in [1.54, 1.807) is 12.1 Å². The molecule has 8 heteroatoms. The van der Waals surface area contributed by atoms with Gasteiger partial charge in [0.15, 0.2) is 16.9 Å². The molecule has 0 aliphatic heterocycles. The predicted octanol–water partition coefficient (Wildman–Crippen LogP) is 3.34. The van der Waals surface area contributed by atoms with Crippen molar-refractivity contribution in [1.82, 2.24) is 18.7 Å². The van der Waals surface area contributed by atoms with Gasteiger partial charge < -0.3 is 4.57 Å². The molecule has 0 aliphatic carbocycles. The maximum absolute atomic E-state index is 13.5. The molecule has 0 aliphatic rings. The topological polar surface area (TPSA) is 78.9 Å². The third-order valence-corrected chi connectivity index (χ3v) is 5.22. The maximum atomic E-state index is 13.5. The molecule has 0 radical (unpaired) electrons. The molecule has 0 spiro atoms. The van der Waals surface area contributed by atoms with E-state index in [0.29, 0.717) is 11.3 Å². The number of carbonyl (C=O) groups excluding carboxylic acids is 1. The summed E-state index contributed by atoms with van der Waals surface area (Å²) in [5, 5.41) is 0. The van der Waals surface area contributed by atoms with E-state index in [9.17, 15) is 18.8 Å². The number of Topliss-reactive ketones (excluding diaryl/α,β-unsaturated/α-hetero) is 1. The molecule has 0 bridgehead atoms. The van der Waals surface area contributed by atoms with E-state index < -0.39 is 17.1 Å². The van der Waals surface area contributed by atoms with E-state index in [4.69, 9.17) is 0 Å². The number of hydrogen-bond acceptors (Lipinski definition) is 4. The Morgan fingerprint density at radius 3 is 2.31 bits per heavy atom. The van der Waals surface area contributed by atoms with Crippen LogP contribution in [0.5, 0.6) is 0 Å². The average molecular weight is 434 g/mol. The summed E-state index contributed by atoms with van der Waals surface area (Å²) in [7, 11) is 0. The summed E-state index contributed by atoms with van der Waals surface area (Å²) in [5.74, 6) is -0.591. The molecule has 32 heavy (non-hydrogen) atoms. The first-order valence-electron chi connectivity index (χ1n) is 10.3. The van der Waals surface area contributed by atoms with Crippen molar-refractivity contribution in [1.29, 1.82) is 0 Å². The number of aryl methyl sites for hydroxylation is 1. The first kappa shape index (κ1) is 21.4. The van der Waals surface area contributed by atoms with E-state index in [1.165, 1.54) is 39.7 Å². The number of rotatable bonds is 6. The summed E-state index contributed by atoms with van der Waals surface area (Å²) in [4.78, 5) is 43.6. The zero-order chi connectivity index (χ0) is 23.0. The standard InChI is InChI=1S/C24H23FN4O3/c1-15(2)12-28-23(31)21-22(29(24(28)32)19-10-8-18(25)9-11-19)26-14-27(21)13-20(30)17-6-4-16(3)5-7-17/h4-11,14-15H,12-13H2,1-3H3. The Morgan fingerprint density at radius 2 is 1.69 bits per heavy atom. The molecule has 0 N–H and O–H groups in total. The van der Waals surface area contributed by atoms with Crippen molar-refractivity contribution < 1.29 is 9.18 Å².